The number of aliphatic carboxylic acids is 1. The Hall–Kier alpha value is -4.65. The lowest BCUT2D eigenvalue weighted by Gasteiger charge is -2.16. The molecule has 0 unspecified atom stereocenters. The summed E-state index contributed by atoms with van der Waals surface area (Å²) < 4.78 is 11.3. The number of allylic oxidation sites excluding steroid dienone is 1. The number of carbonyl (C=O) groups excluding carboxylic acids is 1. The van der Waals surface area contributed by atoms with Gasteiger partial charge in [0.2, 0.25) is 0 Å². The van der Waals surface area contributed by atoms with Crippen LogP contribution in [0.4, 0.5) is 5.69 Å². The second kappa shape index (κ2) is 11.2. The SMILES string of the molecule is C=CCc1cc(/C=C2\C(=O)N(c3ccccc3)N=C2c2ccccc2)cc(OCC)c1OCC(=O)O. The number of amides is 1. The molecular weight excluding hydrogens is 456 g/mol. The quantitative estimate of drug-likeness (QED) is 0.320. The first kappa shape index (κ1) is 24.5. The Balaban J connectivity index is 1.83. The molecule has 4 rings (SSSR count). The van der Waals surface area contributed by atoms with Crippen LogP contribution in [0.2, 0.25) is 0 Å². The molecule has 1 aliphatic heterocycles. The number of anilines is 1. The third kappa shape index (κ3) is 5.36. The minimum Gasteiger partial charge on any atom is -0.490 e. The molecular formula is C29H26N2O5. The van der Waals surface area contributed by atoms with Crippen LogP contribution in [0.1, 0.15) is 23.6 Å². The Morgan fingerprint density at radius 1 is 1.06 bits per heavy atom. The van der Waals surface area contributed by atoms with E-state index in [0.717, 1.165) is 5.56 Å². The molecule has 1 amide bonds. The zero-order valence-corrected chi connectivity index (χ0v) is 19.9. The highest BCUT2D eigenvalue weighted by Crippen LogP contribution is 2.36. The Bertz CT molecular complexity index is 1330. The first-order chi connectivity index (χ1) is 17.5. The van der Waals surface area contributed by atoms with Crippen molar-refractivity contribution in [3.8, 4) is 11.5 Å². The number of para-hydroxylation sites is 1. The normalized spacial score (nSPS) is 14.0. The minimum absolute atomic E-state index is 0.255. The molecule has 36 heavy (non-hydrogen) atoms. The van der Waals surface area contributed by atoms with Crippen LogP contribution in [-0.2, 0) is 16.0 Å². The number of nitrogens with zero attached hydrogens (tertiary/aromatic N) is 2. The van der Waals surface area contributed by atoms with Crippen molar-refractivity contribution < 1.29 is 24.2 Å². The van der Waals surface area contributed by atoms with Gasteiger partial charge in [-0.1, -0.05) is 54.6 Å². The molecule has 0 saturated carbocycles. The van der Waals surface area contributed by atoms with Crippen LogP contribution in [0.3, 0.4) is 0 Å². The van der Waals surface area contributed by atoms with Crippen LogP contribution in [0, 0.1) is 0 Å². The molecule has 1 aliphatic rings. The largest absolute Gasteiger partial charge is 0.490 e. The van der Waals surface area contributed by atoms with E-state index in [9.17, 15) is 9.59 Å². The van der Waals surface area contributed by atoms with Crippen molar-refractivity contribution in [2.24, 2.45) is 5.10 Å². The van der Waals surface area contributed by atoms with Gasteiger partial charge in [-0.25, -0.2) is 4.79 Å². The van der Waals surface area contributed by atoms with Crippen molar-refractivity contribution in [2.45, 2.75) is 13.3 Å². The Morgan fingerprint density at radius 2 is 1.75 bits per heavy atom. The summed E-state index contributed by atoms with van der Waals surface area (Å²) in [5.41, 5.74) is 3.86. The molecule has 3 aromatic carbocycles. The summed E-state index contributed by atoms with van der Waals surface area (Å²) in [5.74, 6) is -0.598. The fraction of sp³-hybridized carbons (Fsp3) is 0.138. The monoisotopic (exact) mass is 482 g/mol. The summed E-state index contributed by atoms with van der Waals surface area (Å²) in [4.78, 5) is 24.7. The van der Waals surface area contributed by atoms with Crippen LogP contribution in [-0.4, -0.2) is 35.9 Å². The fourth-order valence-corrected chi connectivity index (χ4v) is 3.90. The van der Waals surface area contributed by atoms with Gasteiger partial charge in [0, 0.05) is 11.1 Å². The summed E-state index contributed by atoms with van der Waals surface area (Å²) in [5, 5.41) is 15.2. The Kier molecular flexibility index (Phi) is 7.60. The van der Waals surface area contributed by atoms with Gasteiger partial charge in [-0.05, 0) is 49.2 Å². The average molecular weight is 483 g/mol. The first-order valence-corrected chi connectivity index (χ1v) is 11.5. The third-order valence-corrected chi connectivity index (χ3v) is 5.40. The van der Waals surface area contributed by atoms with Gasteiger partial charge in [-0.15, -0.1) is 6.58 Å². The van der Waals surface area contributed by atoms with E-state index in [2.05, 4.69) is 11.7 Å². The van der Waals surface area contributed by atoms with Crippen molar-refractivity contribution in [1.82, 2.24) is 0 Å². The summed E-state index contributed by atoms with van der Waals surface area (Å²) >= 11 is 0. The van der Waals surface area contributed by atoms with E-state index in [1.54, 1.807) is 18.2 Å². The number of carboxylic acid groups (broad SMARTS) is 1. The molecule has 7 nitrogen and oxygen atoms in total. The van der Waals surface area contributed by atoms with E-state index < -0.39 is 12.6 Å². The summed E-state index contributed by atoms with van der Waals surface area (Å²) in [6.07, 6.45) is 3.90. The van der Waals surface area contributed by atoms with E-state index >= 15 is 0 Å². The van der Waals surface area contributed by atoms with Crippen LogP contribution in [0.25, 0.3) is 6.08 Å². The highest BCUT2D eigenvalue weighted by atomic mass is 16.5. The lowest BCUT2D eigenvalue weighted by molar-refractivity contribution is -0.139. The van der Waals surface area contributed by atoms with Crippen LogP contribution >= 0.6 is 0 Å². The number of hydrogen-bond acceptors (Lipinski definition) is 5. The number of hydrazone groups is 1. The maximum Gasteiger partial charge on any atom is 0.341 e. The molecule has 1 N–H and O–H groups in total. The van der Waals surface area contributed by atoms with Crippen molar-refractivity contribution in [3.63, 3.8) is 0 Å². The first-order valence-electron chi connectivity index (χ1n) is 11.5. The standard InChI is InChI=1S/C29H26N2O5/c1-3-11-22-16-20(18-25(35-4-2)28(22)36-19-26(32)33)17-24-27(21-12-7-5-8-13-21)30-31(29(24)34)23-14-9-6-10-15-23/h3,5-10,12-18H,1,4,11,19H2,2H3,(H,32,33)/b24-17-. The minimum atomic E-state index is -1.09. The molecule has 3 aromatic rings. The Labute approximate surface area is 209 Å². The van der Waals surface area contributed by atoms with Gasteiger partial charge in [0.25, 0.3) is 5.91 Å². The van der Waals surface area contributed by atoms with Crippen molar-refractivity contribution >= 4 is 29.4 Å². The maximum absolute atomic E-state index is 13.6. The third-order valence-electron chi connectivity index (χ3n) is 5.40. The smallest absolute Gasteiger partial charge is 0.341 e. The van der Waals surface area contributed by atoms with E-state index in [1.807, 2.05) is 73.7 Å². The van der Waals surface area contributed by atoms with Gasteiger partial charge in [0.1, 0.15) is 5.71 Å². The molecule has 7 heteroatoms. The number of carbonyl (C=O) groups is 2. The lowest BCUT2D eigenvalue weighted by Crippen LogP contribution is -2.21. The fourth-order valence-electron chi connectivity index (χ4n) is 3.90. The van der Waals surface area contributed by atoms with Gasteiger partial charge in [0.05, 0.1) is 17.9 Å². The summed E-state index contributed by atoms with van der Waals surface area (Å²) in [7, 11) is 0. The maximum atomic E-state index is 13.6. The molecule has 182 valence electrons. The molecule has 0 bridgehead atoms. The molecule has 0 spiro atoms. The molecule has 0 atom stereocenters. The molecule has 1 heterocycles. The van der Waals surface area contributed by atoms with Crippen molar-refractivity contribution in [2.75, 3.05) is 18.2 Å². The van der Waals surface area contributed by atoms with Gasteiger partial charge >= 0.3 is 5.97 Å². The summed E-state index contributed by atoms with van der Waals surface area (Å²) in [6, 6.07) is 22.4. The highest BCUT2D eigenvalue weighted by Gasteiger charge is 2.32. The lowest BCUT2D eigenvalue weighted by atomic mass is 9.98. The molecule has 0 radical (unpaired) electrons. The van der Waals surface area contributed by atoms with E-state index in [0.29, 0.717) is 52.6 Å². The van der Waals surface area contributed by atoms with Crippen molar-refractivity contribution in [1.29, 1.82) is 0 Å². The predicted molar refractivity (Wildman–Crippen MR) is 140 cm³/mol. The topological polar surface area (TPSA) is 88.4 Å². The van der Waals surface area contributed by atoms with Crippen LogP contribution in [0.15, 0.2) is 96.1 Å². The van der Waals surface area contributed by atoms with E-state index in [1.165, 1.54) is 5.01 Å². The van der Waals surface area contributed by atoms with Gasteiger partial charge in [-0.3, -0.25) is 4.79 Å². The molecule has 0 saturated heterocycles. The molecule has 0 fully saturated rings. The average Bonchev–Trinajstić information content (AvgIpc) is 3.20. The predicted octanol–water partition coefficient (Wildman–Crippen LogP) is 5.11. The number of rotatable bonds is 10. The van der Waals surface area contributed by atoms with E-state index in [-0.39, 0.29) is 5.91 Å². The number of benzene rings is 3. The number of hydrogen-bond donors (Lipinski definition) is 1. The van der Waals surface area contributed by atoms with Crippen LogP contribution in [0.5, 0.6) is 11.5 Å². The highest BCUT2D eigenvalue weighted by molar-refractivity contribution is 6.37. The van der Waals surface area contributed by atoms with Gasteiger partial charge in [0.15, 0.2) is 18.1 Å². The van der Waals surface area contributed by atoms with Gasteiger partial charge in [-0.2, -0.15) is 10.1 Å². The van der Waals surface area contributed by atoms with Gasteiger partial charge < -0.3 is 14.6 Å². The number of ether oxygens (including phenoxy) is 2. The van der Waals surface area contributed by atoms with Crippen LogP contribution < -0.4 is 14.5 Å². The molecule has 0 aliphatic carbocycles. The van der Waals surface area contributed by atoms with Crippen molar-refractivity contribution in [3.05, 3.63) is 108 Å². The second-order valence-electron chi connectivity index (χ2n) is 7.94. The zero-order valence-electron chi connectivity index (χ0n) is 19.9. The van der Waals surface area contributed by atoms with E-state index in [4.69, 9.17) is 14.6 Å². The second-order valence-corrected chi connectivity index (χ2v) is 7.94. The number of carboxylic acids is 1. The summed E-state index contributed by atoms with van der Waals surface area (Å²) in [6.45, 7) is 5.49. The zero-order chi connectivity index (χ0) is 25.5. The Morgan fingerprint density at radius 3 is 2.39 bits per heavy atom. The molecule has 0 aromatic heterocycles.